The van der Waals surface area contributed by atoms with Gasteiger partial charge in [0.15, 0.2) is 0 Å². The summed E-state index contributed by atoms with van der Waals surface area (Å²) >= 11 is 4.95. The second-order valence-electron chi connectivity index (χ2n) is 1.42. The molecule has 0 aliphatic rings. The normalized spacial score (nSPS) is 14.2. The van der Waals surface area contributed by atoms with Gasteiger partial charge in [0.25, 0.3) is 0 Å². The van der Waals surface area contributed by atoms with E-state index in [4.69, 9.17) is 9.85 Å². The summed E-state index contributed by atoms with van der Waals surface area (Å²) in [5.41, 5.74) is 5.63. The van der Waals surface area contributed by atoms with E-state index in [1.165, 1.54) is 0 Å². The van der Waals surface area contributed by atoms with Crippen LogP contribution in [-0.2, 0) is 0 Å². The predicted octanol–water partition coefficient (Wildman–Crippen LogP) is 2.64. The number of halogens is 2. The maximum atomic E-state index is 7.48. The molecule has 0 radical (unpaired) electrons. The monoisotopic (exact) mass is 300 g/mol. The molecule has 0 saturated carbocycles. The Hall–Kier alpha value is 0.230. The van der Waals surface area contributed by atoms with Crippen molar-refractivity contribution in [3.05, 3.63) is 26.2 Å². The first-order valence-corrected chi connectivity index (χ1v) is 4.04. The Labute approximate surface area is 80.1 Å². The number of benzene rings is 1. The molecule has 48 valence electrons. The zero-order valence-corrected chi connectivity index (χ0v) is 8.08. The first kappa shape index (κ1) is 4.18. The third-order valence-corrected chi connectivity index (χ3v) is 1.93. The number of nitrogens with two attached hydrogens (primary N) is 1. The van der Waals surface area contributed by atoms with Gasteiger partial charge in [-0.3, -0.25) is 0 Å². The van der Waals surface area contributed by atoms with E-state index in [1.807, 2.05) is 22.6 Å². The third kappa shape index (κ3) is 1.82. The van der Waals surface area contributed by atoms with Crippen molar-refractivity contribution in [3.63, 3.8) is 0 Å². The van der Waals surface area contributed by atoms with E-state index >= 15 is 0 Å². The predicted molar refractivity (Wildman–Crippen MR) is 51.3 cm³/mol. The summed E-state index contributed by atoms with van der Waals surface area (Å²) < 4.78 is 23.1. The molecule has 0 unspecified atom stereocenters. The SMILES string of the molecule is [2H]c1c([2H])c(I)c([2H])c(Br)c1N. The van der Waals surface area contributed by atoms with Gasteiger partial charge in [-0.15, -0.1) is 0 Å². The van der Waals surface area contributed by atoms with Gasteiger partial charge in [-0.1, -0.05) is 0 Å². The lowest BCUT2D eigenvalue weighted by Gasteiger charge is -1.95. The van der Waals surface area contributed by atoms with Crippen molar-refractivity contribution in [2.75, 3.05) is 5.73 Å². The summed E-state index contributed by atoms with van der Waals surface area (Å²) in [6, 6.07) is 0.165. The topological polar surface area (TPSA) is 26.0 Å². The Morgan fingerprint density at radius 1 is 1.67 bits per heavy atom. The molecular weight excluding hydrogens is 293 g/mol. The molecule has 1 aromatic carbocycles. The zero-order chi connectivity index (χ0) is 9.46. The van der Waals surface area contributed by atoms with Crippen LogP contribution in [0.15, 0.2) is 22.6 Å². The molecule has 0 amide bonds. The lowest BCUT2D eigenvalue weighted by molar-refractivity contribution is 1.59. The number of nitrogen functional groups attached to an aromatic ring is 1. The van der Waals surface area contributed by atoms with E-state index in [0.717, 1.165) is 0 Å². The summed E-state index contributed by atoms with van der Waals surface area (Å²) in [6.45, 7) is 0. The van der Waals surface area contributed by atoms with Crippen LogP contribution >= 0.6 is 38.5 Å². The van der Waals surface area contributed by atoms with E-state index in [0.29, 0.717) is 8.04 Å². The molecule has 9 heavy (non-hydrogen) atoms. The summed E-state index contributed by atoms with van der Waals surface area (Å²) in [6.07, 6.45) is 0. The molecule has 0 aliphatic heterocycles. The third-order valence-electron chi connectivity index (χ3n) is 0.763. The minimum Gasteiger partial charge on any atom is -0.398 e. The molecule has 0 aliphatic carbocycles. The average Bonchev–Trinajstić information content (AvgIpc) is 2.08. The van der Waals surface area contributed by atoms with E-state index in [1.54, 1.807) is 0 Å². The first-order valence-electron chi connectivity index (χ1n) is 3.67. The minimum absolute atomic E-state index is 0.0151. The Morgan fingerprint density at radius 3 is 3.00 bits per heavy atom. The lowest BCUT2D eigenvalue weighted by Crippen LogP contribution is -1.85. The molecule has 0 atom stereocenters. The molecule has 2 N–H and O–H groups in total. The van der Waals surface area contributed by atoms with Crippen molar-refractivity contribution in [2.45, 2.75) is 0 Å². The fourth-order valence-corrected chi connectivity index (χ4v) is 1.44. The maximum Gasteiger partial charge on any atom is 0.0647 e. The van der Waals surface area contributed by atoms with Crippen LogP contribution in [0.4, 0.5) is 5.69 Å². The van der Waals surface area contributed by atoms with Gasteiger partial charge >= 0.3 is 0 Å². The summed E-state index contributed by atoms with van der Waals surface area (Å²) in [4.78, 5) is 0. The average molecular weight is 301 g/mol. The van der Waals surface area contributed by atoms with Gasteiger partial charge in [0.2, 0.25) is 0 Å². The van der Waals surface area contributed by atoms with Crippen molar-refractivity contribution in [1.82, 2.24) is 0 Å². The zero-order valence-electron chi connectivity index (χ0n) is 7.33. The molecule has 3 heteroatoms. The van der Waals surface area contributed by atoms with Crippen LogP contribution in [0.5, 0.6) is 0 Å². The molecule has 1 nitrogen and oxygen atoms in total. The standard InChI is InChI=1S/C6H5BrIN/c7-5-3-4(8)1-2-6(5)9/h1-3H,9H2/i1D,2D,3D. The largest absolute Gasteiger partial charge is 0.398 e. The molecule has 0 spiro atoms. The molecule has 0 saturated heterocycles. The highest BCUT2D eigenvalue weighted by Gasteiger charge is 1.92. The van der Waals surface area contributed by atoms with Crippen molar-refractivity contribution >= 4 is 44.2 Å². The van der Waals surface area contributed by atoms with Crippen LogP contribution in [-0.4, -0.2) is 0 Å². The molecule has 0 aromatic heterocycles. The second-order valence-corrected chi connectivity index (χ2v) is 3.29. The smallest absolute Gasteiger partial charge is 0.0647 e. The van der Waals surface area contributed by atoms with Crippen molar-refractivity contribution in [3.8, 4) is 0 Å². The van der Waals surface area contributed by atoms with Crippen LogP contribution in [0.25, 0.3) is 0 Å². The highest BCUT2D eigenvalue weighted by Crippen LogP contribution is 2.20. The number of hydrogen-bond acceptors (Lipinski definition) is 1. The first-order chi connectivity index (χ1) is 5.46. The van der Waals surface area contributed by atoms with E-state index in [-0.39, 0.29) is 23.8 Å². The number of hydrogen-bond donors (Lipinski definition) is 1. The Morgan fingerprint density at radius 2 is 2.33 bits per heavy atom. The summed E-state index contributed by atoms with van der Waals surface area (Å²) in [5, 5.41) is 0. The van der Waals surface area contributed by atoms with Crippen LogP contribution < -0.4 is 5.73 Å². The quantitative estimate of drug-likeness (QED) is 0.578. The molecule has 0 bridgehead atoms. The minimum atomic E-state index is -0.0257. The Kier molecular flexibility index (Phi) is 1.34. The fraction of sp³-hybridized carbons (Fsp3) is 0. The van der Waals surface area contributed by atoms with Gasteiger partial charge in [-0.2, -0.15) is 0 Å². The molecule has 1 aromatic rings. The van der Waals surface area contributed by atoms with Gasteiger partial charge < -0.3 is 5.73 Å². The highest BCUT2D eigenvalue weighted by atomic mass is 127. The van der Waals surface area contributed by atoms with Gasteiger partial charge in [-0.25, -0.2) is 0 Å². The number of anilines is 1. The van der Waals surface area contributed by atoms with E-state index in [9.17, 15) is 0 Å². The van der Waals surface area contributed by atoms with Gasteiger partial charge in [0.1, 0.15) is 0 Å². The van der Waals surface area contributed by atoms with Crippen LogP contribution in [0.3, 0.4) is 0 Å². The Bertz CT molecular complexity index is 237. The van der Waals surface area contributed by atoms with E-state index < -0.39 is 0 Å². The highest BCUT2D eigenvalue weighted by molar-refractivity contribution is 14.1. The van der Waals surface area contributed by atoms with Gasteiger partial charge in [-0.05, 0) is 56.6 Å². The molecule has 1 rings (SSSR count). The van der Waals surface area contributed by atoms with Crippen molar-refractivity contribution in [1.29, 1.82) is 0 Å². The number of rotatable bonds is 0. The van der Waals surface area contributed by atoms with Crippen LogP contribution in [0, 0.1) is 3.57 Å². The summed E-state index contributed by atoms with van der Waals surface area (Å²) in [7, 11) is 0. The van der Waals surface area contributed by atoms with Gasteiger partial charge in [0.05, 0.1) is 4.11 Å². The fourth-order valence-electron chi connectivity index (χ4n) is 0.372. The maximum absolute atomic E-state index is 7.48. The van der Waals surface area contributed by atoms with Crippen LogP contribution in [0.1, 0.15) is 4.11 Å². The lowest BCUT2D eigenvalue weighted by atomic mass is 10.3. The van der Waals surface area contributed by atoms with Crippen LogP contribution in [0.2, 0.25) is 0 Å². The van der Waals surface area contributed by atoms with E-state index in [2.05, 4.69) is 15.9 Å². The van der Waals surface area contributed by atoms with Crippen molar-refractivity contribution < 1.29 is 4.11 Å². The Balaban J connectivity index is 3.60. The molecular formula is C6H5BrIN. The van der Waals surface area contributed by atoms with Gasteiger partial charge in [0, 0.05) is 13.7 Å². The summed E-state index contributed by atoms with van der Waals surface area (Å²) in [5.74, 6) is 0. The second kappa shape index (κ2) is 2.88. The molecule has 0 heterocycles. The van der Waals surface area contributed by atoms with Crippen molar-refractivity contribution in [2.24, 2.45) is 0 Å². The molecule has 0 fully saturated rings.